The molecule has 2 N–H and O–H groups in total. The van der Waals surface area contributed by atoms with E-state index in [2.05, 4.69) is 14.9 Å². The number of benzene rings is 1. The maximum atomic E-state index is 12.6. The van der Waals surface area contributed by atoms with Gasteiger partial charge in [0.25, 0.3) is 0 Å². The SMILES string of the molecule is NC(=O)c1cccc(-c2nccnc2C2CCCN(CC(=O)N3CCCC3)C2)c1. The largest absolute Gasteiger partial charge is 0.366 e. The van der Waals surface area contributed by atoms with E-state index >= 15 is 0 Å². The highest BCUT2D eigenvalue weighted by atomic mass is 16.2. The standard InChI is InChI=1S/C22H27N5O2/c23-22(29)17-6-3-5-16(13-17)20-21(25-9-8-24-20)18-7-4-10-26(14-18)15-19(28)27-11-1-2-12-27/h3,5-6,8-9,13,18H,1-2,4,7,10-12,14-15H2,(H2,23,29). The van der Waals surface area contributed by atoms with Crippen LogP contribution in [0.25, 0.3) is 11.3 Å². The Morgan fingerprint density at radius 2 is 1.86 bits per heavy atom. The molecule has 4 rings (SSSR count). The fourth-order valence-corrected chi connectivity index (χ4v) is 4.37. The summed E-state index contributed by atoms with van der Waals surface area (Å²) in [7, 11) is 0. The summed E-state index contributed by atoms with van der Waals surface area (Å²) in [5.74, 6) is -0.0192. The molecule has 0 aliphatic carbocycles. The van der Waals surface area contributed by atoms with Crippen molar-refractivity contribution in [1.29, 1.82) is 0 Å². The molecule has 0 spiro atoms. The molecule has 3 heterocycles. The molecule has 152 valence electrons. The van der Waals surface area contributed by atoms with Crippen molar-refractivity contribution in [3.05, 3.63) is 47.9 Å². The zero-order chi connectivity index (χ0) is 20.2. The highest BCUT2D eigenvalue weighted by Crippen LogP contribution is 2.32. The molecule has 29 heavy (non-hydrogen) atoms. The maximum Gasteiger partial charge on any atom is 0.248 e. The fourth-order valence-electron chi connectivity index (χ4n) is 4.37. The highest BCUT2D eigenvalue weighted by Gasteiger charge is 2.28. The van der Waals surface area contributed by atoms with Crippen LogP contribution in [0.5, 0.6) is 0 Å². The van der Waals surface area contributed by atoms with E-state index in [0.29, 0.717) is 12.1 Å². The number of nitrogens with zero attached hydrogens (tertiary/aromatic N) is 4. The zero-order valence-electron chi connectivity index (χ0n) is 16.6. The van der Waals surface area contributed by atoms with Gasteiger partial charge in [0.1, 0.15) is 0 Å². The summed E-state index contributed by atoms with van der Waals surface area (Å²) in [4.78, 5) is 37.6. The minimum Gasteiger partial charge on any atom is -0.366 e. The Morgan fingerprint density at radius 3 is 2.66 bits per heavy atom. The van der Waals surface area contributed by atoms with Gasteiger partial charge in [-0.2, -0.15) is 0 Å². The quantitative estimate of drug-likeness (QED) is 0.839. The average Bonchev–Trinajstić information content (AvgIpc) is 3.29. The van der Waals surface area contributed by atoms with Crippen LogP contribution in [0.15, 0.2) is 36.7 Å². The number of piperidine rings is 1. The molecule has 2 aliphatic heterocycles. The predicted molar refractivity (Wildman–Crippen MR) is 110 cm³/mol. The summed E-state index contributed by atoms with van der Waals surface area (Å²) < 4.78 is 0. The van der Waals surface area contributed by atoms with Gasteiger partial charge in [0.15, 0.2) is 0 Å². The Kier molecular flexibility index (Phi) is 5.85. The molecule has 2 amide bonds. The smallest absolute Gasteiger partial charge is 0.248 e. The summed E-state index contributed by atoms with van der Waals surface area (Å²) in [6, 6.07) is 7.22. The Hall–Kier alpha value is -2.80. The minimum atomic E-state index is -0.457. The summed E-state index contributed by atoms with van der Waals surface area (Å²) in [5.41, 5.74) is 8.45. The molecule has 0 radical (unpaired) electrons. The van der Waals surface area contributed by atoms with Crippen LogP contribution in [0, 0.1) is 0 Å². The number of rotatable bonds is 5. The third-order valence-corrected chi connectivity index (χ3v) is 5.86. The Bertz CT molecular complexity index is 894. The van der Waals surface area contributed by atoms with E-state index in [-0.39, 0.29) is 11.8 Å². The van der Waals surface area contributed by atoms with Gasteiger partial charge >= 0.3 is 0 Å². The van der Waals surface area contributed by atoms with Crippen LogP contribution in [0.3, 0.4) is 0 Å². The van der Waals surface area contributed by atoms with E-state index < -0.39 is 5.91 Å². The lowest BCUT2D eigenvalue weighted by Gasteiger charge is -2.33. The number of carbonyl (C=O) groups is 2. The summed E-state index contributed by atoms with van der Waals surface area (Å²) in [5, 5.41) is 0. The van der Waals surface area contributed by atoms with Gasteiger partial charge in [-0.1, -0.05) is 12.1 Å². The summed E-state index contributed by atoms with van der Waals surface area (Å²) in [6.07, 6.45) is 7.65. The molecule has 0 bridgehead atoms. The number of amides is 2. The first-order valence-corrected chi connectivity index (χ1v) is 10.3. The van der Waals surface area contributed by atoms with Crippen LogP contribution in [0.1, 0.15) is 47.7 Å². The lowest BCUT2D eigenvalue weighted by atomic mass is 9.91. The van der Waals surface area contributed by atoms with Crippen LogP contribution >= 0.6 is 0 Å². The van der Waals surface area contributed by atoms with Gasteiger partial charge in [-0.05, 0) is 44.4 Å². The first-order valence-electron chi connectivity index (χ1n) is 10.3. The van der Waals surface area contributed by atoms with Gasteiger partial charge in [-0.15, -0.1) is 0 Å². The number of likely N-dealkylation sites (tertiary alicyclic amines) is 2. The van der Waals surface area contributed by atoms with E-state index in [0.717, 1.165) is 68.8 Å². The molecule has 2 saturated heterocycles. The number of primary amides is 1. The molecular formula is C22H27N5O2. The van der Waals surface area contributed by atoms with E-state index in [1.54, 1.807) is 24.5 Å². The van der Waals surface area contributed by atoms with Crippen molar-refractivity contribution in [2.45, 2.75) is 31.6 Å². The Balaban J connectivity index is 1.53. The fraction of sp³-hybridized carbons (Fsp3) is 0.455. The molecular weight excluding hydrogens is 366 g/mol. The second kappa shape index (κ2) is 8.69. The van der Waals surface area contributed by atoms with Crippen molar-refractivity contribution in [3.8, 4) is 11.3 Å². The molecule has 1 atom stereocenters. The highest BCUT2D eigenvalue weighted by molar-refractivity contribution is 5.94. The lowest BCUT2D eigenvalue weighted by molar-refractivity contribution is -0.131. The lowest BCUT2D eigenvalue weighted by Crippen LogP contribution is -2.43. The maximum absolute atomic E-state index is 12.6. The van der Waals surface area contributed by atoms with Gasteiger partial charge in [0.05, 0.1) is 17.9 Å². The normalized spacial score (nSPS) is 20.0. The number of nitrogens with two attached hydrogens (primary N) is 1. The Labute approximate surface area is 170 Å². The average molecular weight is 393 g/mol. The molecule has 1 unspecified atom stereocenters. The number of carbonyl (C=O) groups excluding carboxylic acids is 2. The van der Waals surface area contributed by atoms with Crippen LogP contribution in [-0.2, 0) is 4.79 Å². The predicted octanol–water partition coefficient (Wildman–Crippen LogP) is 2.04. The van der Waals surface area contributed by atoms with Gasteiger partial charge in [-0.3, -0.25) is 24.5 Å². The van der Waals surface area contributed by atoms with E-state index in [4.69, 9.17) is 5.73 Å². The first kappa shape index (κ1) is 19.5. The molecule has 7 heteroatoms. The van der Waals surface area contributed by atoms with Gasteiger partial charge in [0, 0.05) is 49.1 Å². The molecule has 1 aromatic heterocycles. The monoisotopic (exact) mass is 393 g/mol. The number of aromatic nitrogens is 2. The molecule has 1 aromatic carbocycles. The Morgan fingerprint density at radius 1 is 1.07 bits per heavy atom. The second-order valence-electron chi connectivity index (χ2n) is 7.90. The third kappa shape index (κ3) is 4.45. The van der Waals surface area contributed by atoms with Crippen molar-refractivity contribution in [3.63, 3.8) is 0 Å². The van der Waals surface area contributed by atoms with Gasteiger partial charge in [0.2, 0.25) is 11.8 Å². The van der Waals surface area contributed by atoms with Gasteiger partial charge in [-0.25, -0.2) is 0 Å². The summed E-state index contributed by atoms with van der Waals surface area (Å²) in [6.45, 7) is 3.98. The van der Waals surface area contributed by atoms with Crippen molar-refractivity contribution in [2.75, 3.05) is 32.7 Å². The van der Waals surface area contributed by atoms with E-state index in [1.807, 2.05) is 17.0 Å². The molecule has 2 fully saturated rings. The molecule has 2 aliphatic rings. The third-order valence-electron chi connectivity index (χ3n) is 5.86. The molecule has 2 aromatic rings. The van der Waals surface area contributed by atoms with Crippen LogP contribution in [0.2, 0.25) is 0 Å². The van der Waals surface area contributed by atoms with E-state index in [1.165, 1.54) is 0 Å². The topological polar surface area (TPSA) is 92.4 Å². The van der Waals surface area contributed by atoms with Crippen molar-refractivity contribution in [2.24, 2.45) is 5.73 Å². The first-order chi connectivity index (χ1) is 14.1. The van der Waals surface area contributed by atoms with Crippen LogP contribution < -0.4 is 5.73 Å². The van der Waals surface area contributed by atoms with Crippen molar-refractivity contribution >= 4 is 11.8 Å². The van der Waals surface area contributed by atoms with Crippen molar-refractivity contribution < 1.29 is 9.59 Å². The van der Waals surface area contributed by atoms with Crippen LogP contribution in [0.4, 0.5) is 0 Å². The summed E-state index contributed by atoms with van der Waals surface area (Å²) >= 11 is 0. The zero-order valence-corrected chi connectivity index (χ0v) is 16.6. The minimum absolute atomic E-state index is 0.205. The second-order valence-corrected chi connectivity index (χ2v) is 7.90. The number of hydrogen-bond donors (Lipinski definition) is 1. The molecule has 0 saturated carbocycles. The van der Waals surface area contributed by atoms with E-state index in [9.17, 15) is 9.59 Å². The number of hydrogen-bond acceptors (Lipinski definition) is 5. The molecule has 7 nitrogen and oxygen atoms in total. The van der Waals surface area contributed by atoms with Crippen LogP contribution in [-0.4, -0.2) is 64.3 Å². The van der Waals surface area contributed by atoms with Gasteiger partial charge < -0.3 is 10.6 Å². The van der Waals surface area contributed by atoms with Crippen molar-refractivity contribution in [1.82, 2.24) is 19.8 Å².